The summed E-state index contributed by atoms with van der Waals surface area (Å²) in [6.45, 7) is 0.694. The fourth-order valence-corrected chi connectivity index (χ4v) is 4.98. The second-order valence-electron chi connectivity index (χ2n) is 6.72. The summed E-state index contributed by atoms with van der Waals surface area (Å²) in [6, 6.07) is 13.3. The average molecular weight is 391 g/mol. The molecule has 0 aromatic heterocycles. The van der Waals surface area contributed by atoms with Gasteiger partial charge in [-0.1, -0.05) is 30.3 Å². The Morgan fingerprint density at radius 2 is 1.74 bits per heavy atom. The van der Waals surface area contributed by atoms with Crippen LogP contribution in [0.2, 0.25) is 0 Å². The van der Waals surface area contributed by atoms with Gasteiger partial charge in [-0.25, -0.2) is 8.42 Å². The maximum absolute atomic E-state index is 13.0. The maximum atomic E-state index is 13.0. The maximum Gasteiger partial charge on any atom is 0.243 e. The van der Waals surface area contributed by atoms with Gasteiger partial charge in [-0.05, 0) is 24.1 Å². The van der Waals surface area contributed by atoms with Crippen molar-refractivity contribution in [3.8, 4) is 11.5 Å². The third-order valence-corrected chi connectivity index (χ3v) is 6.96. The lowest BCUT2D eigenvalue weighted by Crippen LogP contribution is -2.54. The molecular formula is C19H21NO6S. The minimum atomic E-state index is -3.83. The van der Waals surface area contributed by atoms with E-state index in [0.717, 1.165) is 0 Å². The molecule has 4 rings (SSSR count). The zero-order chi connectivity index (χ0) is 19.1. The molecule has 2 N–H and O–H groups in total. The van der Waals surface area contributed by atoms with Crippen LogP contribution in [0.25, 0.3) is 0 Å². The third kappa shape index (κ3) is 3.19. The molecule has 2 aliphatic rings. The van der Waals surface area contributed by atoms with Crippen molar-refractivity contribution in [3.05, 3.63) is 54.1 Å². The number of aliphatic hydroxyl groups is 2. The van der Waals surface area contributed by atoms with Crippen molar-refractivity contribution in [2.45, 2.75) is 23.0 Å². The average Bonchev–Trinajstić information content (AvgIpc) is 2.70. The number of nitrogens with zero attached hydrogens (tertiary/aromatic N) is 1. The predicted molar refractivity (Wildman–Crippen MR) is 97.2 cm³/mol. The van der Waals surface area contributed by atoms with Crippen molar-refractivity contribution < 1.29 is 28.1 Å². The van der Waals surface area contributed by atoms with E-state index in [1.807, 2.05) is 6.07 Å². The normalized spacial score (nSPS) is 25.9. The van der Waals surface area contributed by atoms with Crippen molar-refractivity contribution in [3.63, 3.8) is 0 Å². The smallest absolute Gasteiger partial charge is 0.243 e. The first-order valence-corrected chi connectivity index (χ1v) is 10.2. The van der Waals surface area contributed by atoms with Crippen LogP contribution >= 0.6 is 0 Å². The molecule has 2 aromatic carbocycles. The first-order chi connectivity index (χ1) is 12.9. The molecule has 0 unspecified atom stereocenters. The van der Waals surface area contributed by atoms with Crippen LogP contribution in [-0.2, 0) is 15.6 Å². The Balaban J connectivity index is 1.58. The lowest BCUT2D eigenvalue weighted by atomic mass is 9.83. The summed E-state index contributed by atoms with van der Waals surface area (Å²) in [6.07, 6.45) is -1.14. The second kappa shape index (κ2) is 6.79. The Hall–Kier alpha value is -2.13. The number of benzene rings is 2. The minimum absolute atomic E-state index is 0.0732. The molecular weight excluding hydrogens is 370 g/mol. The van der Waals surface area contributed by atoms with Gasteiger partial charge < -0.3 is 19.7 Å². The molecule has 27 heavy (non-hydrogen) atoms. The summed E-state index contributed by atoms with van der Waals surface area (Å²) in [7, 11) is -3.83. The van der Waals surface area contributed by atoms with Crippen molar-refractivity contribution in [2.75, 3.05) is 26.3 Å². The fraction of sp³-hybridized carbons (Fsp3) is 0.368. The van der Waals surface area contributed by atoms with Gasteiger partial charge in [-0.15, -0.1) is 0 Å². The van der Waals surface area contributed by atoms with E-state index in [1.165, 1.54) is 16.4 Å². The number of rotatable bonds is 3. The van der Waals surface area contributed by atoms with Crippen molar-refractivity contribution >= 4 is 10.0 Å². The highest BCUT2D eigenvalue weighted by atomic mass is 32.2. The van der Waals surface area contributed by atoms with Crippen molar-refractivity contribution in [1.29, 1.82) is 0 Å². The van der Waals surface area contributed by atoms with Crippen molar-refractivity contribution in [2.24, 2.45) is 0 Å². The summed E-state index contributed by atoms with van der Waals surface area (Å²) in [5.74, 6) is 0.901. The number of β-amino-alcohol motifs (C(OH)–C–C–N with tert-alkyl or cyclic N) is 1. The molecule has 0 saturated carbocycles. The summed E-state index contributed by atoms with van der Waals surface area (Å²) in [5, 5.41) is 21.5. The molecule has 2 heterocycles. The van der Waals surface area contributed by atoms with Gasteiger partial charge in [0.2, 0.25) is 10.0 Å². The first-order valence-electron chi connectivity index (χ1n) is 8.77. The molecule has 2 aliphatic heterocycles. The van der Waals surface area contributed by atoms with Crippen LogP contribution < -0.4 is 9.47 Å². The highest BCUT2D eigenvalue weighted by molar-refractivity contribution is 7.89. The number of piperidine rings is 1. The molecule has 7 nitrogen and oxygen atoms in total. The van der Waals surface area contributed by atoms with E-state index >= 15 is 0 Å². The van der Waals surface area contributed by atoms with Gasteiger partial charge in [0.25, 0.3) is 0 Å². The summed E-state index contributed by atoms with van der Waals surface area (Å²) in [4.78, 5) is 0.0732. The fourth-order valence-electron chi connectivity index (χ4n) is 3.51. The van der Waals surface area contributed by atoms with Gasteiger partial charge in [-0.3, -0.25) is 0 Å². The lowest BCUT2D eigenvalue weighted by Gasteiger charge is -2.41. The second-order valence-corrected chi connectivity index (χ2v) is 8.66. The van der Waals surface area contributed by atoms with E-state index in [4.69, 9.17) is 9.47 Å². The number of ether oxygens (including phenoxy) is 2. The lowest BCUT2D eigenvalue weighted by molar-refractivity contribution is -0.112. The standard InChI is InChI=1S/C19H21NO6S/c21-18-13-20(9-8-19(18,22)14-4-2-1-3-5-14)27(23,24)15-6-7-16-17(12-15)26-11-10-25-16/h1-7,12,18,21-22H,8-11,13H2/t18-,19-/m0/s1. The van der Waals surface area contributed by atoms with Crippen LogP contribution in [0.15, 0.2) is 53.4 Å². The highest BCUT2D eigenvalue weighted by Crippen LogP contribution is 2.37. The van der Waals surface area contributed by atoms with E-state index in [1.54, 1.807) is 30.3 Å². The zero-order valence-electron chi connectivity index (χ0n) is 14.6. The molecule has 1 saturated heterocycles. The van der Waals surface area contributed by atoms with Gasteiger partial charge in [0.05, 0.1) is 4.90 Å². The van der Waals surface area contributed by atoms with Gasteiger partial charge in [0.1, 0.15) is 24.9 Å². The number of fused-ring (bicyclic) bond motifs is 1. The van der Waals surface area contributed by atoms with E-state index < -0.39 is 21.7 Å². The number of aliphatic hydroxyl groups excluding tert-OH is 1. The zero-order valence-corrected chi connectivity index (χ0v) is 15.4. The number of sulfonamides is 1. The Bertz CT molecular complexity index is 932. The number of hydrogen-bond donors (Lipinski definition) is 2. The molecule has 8 heteroatoms. The molecule has 0 bridgehead atoms. The van der Waals surface area contributed by atoms with E-state index in [2.05, 4.69) is 0 Å². The Morgan fingerprint density at radius 3 is 2.44 bits per heavy atom. The monoisotopic (exact) mass is 391 g/mol. The Labute approximate surface area is 157 Å². The molecule has 0 radical (unpaired) electrons. The van der Waals surface area contributed by atoms with Gasteiger partial charge in [0.15, 0.2) is 11.5 Å². The van der Waals surface area contributed by atoms with Crippen LogP contribution in [0.3, 0.4) is 0 Å². The molecule has 2 atom stereocenters. The molecule has 0 amide bonds. The molecule has 1 fully saturated rings. The van der Waals surface area contributed by atoms with Crippen LogP contribution in [0.1, 0.15) is 12.0 Å². The molecule has 144 valence electrons. The largest absolute Gasteiger partial charge is 0.486 e. The summed E-state index contributed by atoms with van der Waals surface area (Å²) >= 11 is 0. The van der Waals surface area contributed by atoms with Gasteiger partial charge in [0, 0.05) is 19.2 Å². The quantitative estimate of drug-likeness (QED) is 0.814. The Kier molecular flexibility index (Phi) is 4.59. The highest BCUT2D eigenvalue weighted by Gasteiger charge is 2.45. The molecule has 2 aromatic rings. The van der Waals surface area contributed by atoms with Crippen LogP contribution in [-0.4, -0.2) is 55.3 Å². The predicted octanol–water partition coefficient (Wildman–Crippen LogP) is 1.10. The molecule has 0 spiro atoms. The van der Waals surface area contributed by atoms with Crippen LogP contribution in [0.5, 0.6) is 11.5 Å². The van der Waals surface area contributed by atoms with Crippen LogP contribution in [0, 0.1) is 0 Å². The van der Waals surface area contributed by atoms with E-state index in [-0.39, 0.29) is 24.4 Å². The van der Waals surface area contributed by atoms with Gasteiger partial charge in [-0.2, -0.15) is 4.31 Å². The van der Waals surface area contributed by atoms with Crippen LogP contribution in [0.4, 0.5) is 0 Å². The summed E-state index contributed by atoms with van der Waals surface area (Å²) in [5.41, 5.74) is -0.894. The summed E-state index contributed by atoms with van der Waals surface area (Å²) < 4.78 is 38.1. The topological polar surface area (TPSA) is 96.3 Å². The Morgan fingerprint density at radius 1 is 1.04 bits per heavy atom. The first kappa shape index (κ1) is 18.2. The molecule has 0 aliphatic carbocycles. The van der Waals surface area contributed by atoms with Gasteiger partial charge >= 0.3 is 0 Å². The minimum Gasteiger partial charge on any atom is -0.486 e. The number of hydrogen-bond acceptors (Lipinski definition) is 6. The van der Waals surface area contributed by atoms with E-state index in [0.29, 0.717) is 30.3 Å². The SMILES string of the molecule is O=S(=O)(c1ccc2c(c1)OCCO2)N1CC[C@](O)(c2ccccc2)[C@@H](O)C1. The van der Waals surface area contributed by atoms with E-state index in [9.17, 15) is 18.6 Å². The third-order valence-electron chi connectivity index (χ3n) is 5.10. The van der Waals surface area contributed by atoms with Crippen molar-refractivity contribution in [1.82, 2.24) is 4.31 Å².